The van der Waals surface area contributed by atoms with E-state index in [9.17, 15) is 4.79 Å². The van der Waals surface area contributed by atoms with E-state index in [1.807, 2.05) is 0 Å². The zero-order chi connectivity index (χ0) is 17.2. The van der Waals surface area contributed by atoms with Crippen molar-refractivity contribution in [3.05, 3.63) is 24.5 Å². The topological polar surface area (TPSA) is 28.5 Å². The first-order chi connectivity index (χ1) is 12.3. The Bertz CT molecular complexity index is 562. The molecule has 0 unspecified atom stereocenters. The van der Waals surface area contributed by atoms with Crippen molar-refractivity contribution < 1.29 is 4.79 Å². The summed E-state index contributed by atoms with van der Waals surface area (Å²) in [6.07, 6.45) is 13.8. The molecular weight excluding hydrogens is 310 g/mol. The van der Waals surface area contributed by atoms with Crippen LogP contribution in [0.4, 0.5) is 0 Å². The van der Waals surface area contributed by atoms with Crippen molar-refractivity contribution >= 4 is 5.91 Å². The molecule has 3 aliphatic rings. The first-order valence-electron chi connectivity index (χ1n) is 10.4. The average Bonchev–Trinajstić information content (AvgIpc) is 3.41. The molecule has 3 heterocycles. The number of likely N-dealkylation sites (N-methyl/N-ethyl adjacent to an activating group) is 1. The zero-order valence-corrected chi connectivity index (χ0v) is 15.6. The number of hydrogen-bond acceptors (Lipinski definition) is 2. The monoisotopic (exact) mass is 343 g/mol. The van der Waals surface area contributed by atoms with E-state index in [1.165, 1.54) is 32.2 Å². The first-order valence-corrected chi connectivity index (χ1v) is 10.4. The third-order valence-electron chi connectivity index (χ3n) is 6.94. The van der Waals surface area contributed by atoms with Crippen LogP contribution in [-0.4, -0.2) is 52.0 Å². The molecule has 0 bridgehead atoms. The smallest absolute Gasteiger partial charge is 0.225 e. The van der Waals surface area contributed by atoms with Crippen molar-refractivity contribution in [3.63, 3.8) is 0 Å². The quantitative estimate of drug-likeness (QED) is 0.834. The largest absolute Gasteiger partial charge is 0.351 e. The van der Waals surface area contributed by atoms with Gasteiger partial charge in [-0.25, -0.2) is 0 Å². The van der Waals surface area contributed by atoms with E-state index in [4.69, 9.17) is 0 Å². The Kier molecular flexibility index (Phi) is 5.16. The maximum Gasteiger partial charge on any atom is 0.225 e. The van der Waals surface area contributed by atoms with Crippen molar-refractivity contribution in [1.29, 1.82) is 0 Å². The fourth-order valence-corrected chi connectivity index (χ4v) is 5.59. The Morgan fingerprint density at radius 1 is 0.920 bits per heavy atom. The van der Waals surface area contributed by atoms with Gasteiger partial charge in [-0.3, -0.25) is 9.69 Å². The Morgan fingerprint density at radius 3 is 2.32 bits per heavy atom. The van der Waals surface area contributed by atoms with Crippen molar-refractivity contribution in [2.45, 2.75) is 76.4 Å². The second kappa shape index (κ2) is 7.53. The fourth-order valence-electron chi connectivity index (χ4n) is 5.59. The van der Waals surface area contributed by atoms with Crippen molar-refractivity contribution in [3.8, 4) is 0 Å². The van der Waals surface area contributed by atoms with Gasteiger partial charge < -0.3 is 9.47 Å². The molecule has 2 atom stereocenters. The van der Waals surface area contributed by atoms with Crippen molar-refractivity contribution in [1.82, 2.24) is 14.4 Å². The fraction of sp³-hybridized carbons (Fsp3) is 0.762. The second-order valence-electron chi connectivity index (χ2n) is 8.22. The lowest BCUT2D eigenvalue weighted by molar-refractivity contribution is -0.138. The summed E-state index contributed by atoms with van der Waals surface area (Å²) >= 11 is 0. The summed E-state index contributed by atoms with van der Waals surface area (Å²) < 4.78 is 2.33. The minimum absolute atomic E-state index is 0.267. The van der Waals surface area contributed by atoms with Crippen LogP contribution in [0, 0.1) is 5.92 Å². The second-order valence-corrected chi connectivity index (χ2v) is 8.22. The van der Waals surface area contributed by atoms with Gasteiger partial charge in [-0.15, -0.1) is 0 Å². The number of nitrogens with zero attached hydrogens (tertiary/aromatic N) is 3. The third-order valence-corrected chi connectivity index (χ3v) is 6.94. The van der Waals surface area contributed by atoms with Crippen LogP contribution < -0.4 is 0 Å². The van der Waals surface area contributed by atoms with Gasteiger partial charge in [0.2, 0.25) is 5.91 Å². The van der Waals surface area contributed by atoms with Gasteiger partial charge in [0.25, 0.3) is 0 Å². The summed E-state index contributed by atoms with van der Waals surface area (Å²) in [7, 11) is 0. The molecule has 2 saturated heterocycles. The Balaban J connectivity index is 1.37. The molecule has 138 valence electrons. The molecule has 4 heteroatoms. The molecule has 1 aromatic heterocycles. The SMILES string of the molecule is CCN1CCC[C@@H]1[C@H]1CCCN1C(=O)C1CCC(n2cccc2)CC1. The summed E-state index contributed by atoms with van der Waals surface area (Å²) in [5, 5.41) is 0. The number of aromatic nitrogens is 1. The molecule has 0 spiro atoms. The molecule has 0 aromatic carbocycles. The van der Waals surface area contributed by atoms with Crippen molar-refractivity contribution in [2.75, 3.05) is 19.6 Å². The molecular formula is C21H33N3O. The lowest BCUT2D eigenvalue weighted by Crippen LogP contribution is -2.50. The summed E-state index contributed by atoms with van der Waals surface area (Å²) in [6, 6.07) is 5.91. The minimum atomic E-state index is 0.267. The molecule has 4 rings (SSSR count). The molecule has 1 aliphatic carbocycles. The molecule has 1 saturated carbocycles. The summed E-state index contributed by atoms with van der Waals surface area (Å²) in [5.41, 5.74) is 0. The van der Waals surface area contributed by atoms with Crippen LogP contribution in [-0.2, 0) is 4.79 Å². The number of likely N-dealkylation sites (tertiary alicyclic amines) is 2. The highest BCUT2D eigenvalue weighted by atomic mass is 16.2. The predicted molar refractivity (Wildman–Crippen MR) is 100 cm³/mol. The minimum Gasteiger partial charge on any atom is -0.351 e. The summed E-state index contributed by atoms with van der Waals surface area (Å²) in [5.74, 6) is 0.736. The van der Waals surface area contributed by atoms with Crippen LogP contribution in [0.2, 0.25) is 0 Å². The van der Waals surface area contributed by atoms with Gasteiger partial charge >= 0.3 is 0 Å². The third kappa shape index (κ3) is 3.38. The van der Waals surface area contributed by atoms with Gasteiger partial charge in [-0.1, -0.05) is 6.92 Å². The van der Waals surface area contributed by atoms with Gasteiger partial charge in [0, 0.05) is 43.0 Å². The molecule has 0 radical (unpaired) electrons. The Morgan fingerprint density at radius 2 is 1.60 bits per heavy atom. The molecule has 1 amide bonds. The number of rotatable bonds is 4. The number of carbonyl (C=O) groups excluding carboxylic acids is 1. The lowest BCUT2D eigenvalue weighted by Gasteiger charge is -2.37. The van der Waals surface area contributed by atoms with Crippen molar-refractivity contribution in [2.24, 2.45) is 5.92 Å². The summed E-state index contributed by atoms with van der Waals surface area (Å²) in [6.45, 7) is 5.61. The van der Waals surface area contributed by atoms with Crippen LogP contribution >= 0.6 is 0 Å². The molecule has 3 fully saturated rings. The van der Waals surface area contributed by atoms with E-state index in [0.29, 0.717) is 24.0 Å². The van der Waals surface area contributed by atoms with Crippen LogP contribution in [0.1, 0.15) is 64.3 Å². The highest BCUT2D eigenvalue weighted by Crippen LogP contribution is 2.36. The number of amides is 1. The highest BCUT2D eigenvalue weighted by Gasteiger charge is 2.41. The molecule has 0 N–H and O–H groups in total. The molecule has 2 aliphatic heterocycles. The maximum absolute atomic E-state index is 13.3. The maximum atomic E-state index is 13.3. The van der Waals surface area contributed by atoms with Gasteiger partial charge in [0.05, 0.1) is 0 Å². The molecule has 4 nitrogen and oxygen atoms in total. The van der Waals surface area contributed by atoms with Crippen LogP contribution in [0.3, 0.4) is 0 Å². The summed E-state index contributed by atoms with van der Waals surface area (Å²) in [4.78, 5) is 18.2. The Labute approximate surface area is 152 Å². The van der Waals surface area contributed by atoms with E-state index in [2.05, 4.69) is 45.8 Å². The van der Waals surface area contributed by atoms with Gasteiger partial charge in [0.1, 0.15) is 0 Å². The van der Waals surface area contributed by atoms with E-state index >= 15 is 0 Å². The number of carbonyl (C=O) groups is 1. The normalized spacial score (nSPS) is 33.9. The Hall–Kier alpha value is -1.29. The van der Waals surface area contributed by atoms with Crippen LogP contribution in [0.5, 0.6) is 0 Å². The average molecular weight is 344 g/mol. The molecule has 1 aromatic rings. The highest BCUT2D eigenvalue weighted by molar-refractivity contribution is 5.79. The van der Waals surface area contributed by atoms with E-state index in [0.717, 1.165) is 38.8 Å². The van der Waals surface area contributed by atoms with E-state index in [1.54, 1.807) is 0 Å². The molecule has 25 heavy (non-hydrogen) atoms. The van der Waals surface area contributed by atoms with Gasteiger partial charge in [0.15, 0.2) is 0 Å². The predicted octanol–water partition coefficient (Wildman–Crippen LogP) is 3.69. The van der Waals surface area contributed by atoms with Crippen LogP contribution in [0.15, 0.2) is 24.5 Å². The first kappa shape index (κ1) is 17.1. The lowest BCUT2D eigenvalue weighted by atomic mass is 9.84. The zero-order valence-electron chi connectivity index (χ0n) is 15.6. The van der Waals surface area contributed by atoms with E-state index < -0.39 is 0 Å². The standard InChI is InChI=1S/C21H33N3O/c1-2-22-15-5-7-19(22)20-8-6-16-24(20)21(25)17-9-11-18(12-10-17)23-13-3-4-14-23/h3-4,13-14,17-20H,2,5-12,15-16H2,1H3/t17?,18?,19-,20-/m1/s1. The number of hydrogen-bond donors (Lipinski definition) is 0. The van der Waals surface area contributed by atoms with Crippen LogP contribution in [0.25, 0.3) is 0 Å². The van der Waals surface area contributed by atoms with Gasteiger partial charge in [-0.05, 0) is 76.6 Å². The van der Waals surface area contributed by atoms with Gasteiger partial charge in [-0.2, -0.15) is 0 Å². The van der Waals surface area contributed by atoms with E-state index in [-0.39, 0.29) is 5.92 Å².